The summed E-state index contributed by atoms with van der Waals surface area (Å²) in [6.45, 7) is 4.89. The summed E-state index contributed by atoms with van der Waals surface area (Å²) in [5, 5.41) is 22.3. The highest BCUT2D eigenvalue weighted by Gasteiger charge is 2.75. The zero-order chi connectivity index (χ0) is 20.6. The second kappa shape index (κ2) is 6.79. The van der Waals surface area contributed by atoms with Crippen LogP contribution < -0.4 is 0 Å². The monoisotopic (exact) mass is 404 g/mol. The molecule has 0 bridgehead atoms. The Balaban J connectivity index is 1.42. The molecule has 4 heteroatoms. The van der Waals surface area contributed by atoms with Crippen molar-refractivity contribution in [1.82, 2.24) is 0 Å². The predicted molar refractivity (Wildman–Crippen MR) is 112 cm³/mol. The Bertz CT molecular complexity index is 686. The van der Waals surface area contributed by atoms with Gasteiger partial charge in [-0.25, -0.2) is 0 Å². The fourth-order valence-electron chi connectivity index (χ4n) is 8.92. The van der Waals surface area contributed by atoms with E-state index >= 15 is 0 Å². The minimum absolute atomic E-state index is 0.0175. The third-order valence-corrected chi connectivity index (χ3v) is 10.5. The molecular formula is C25H40O4. The molecule has 164 valence electrons. The van der Waals surface area contributed by atoms with E-state index in [9.17, 15) is 10.2 Å². The van der Waals surface area contributed by atoms with Crippen molar-refractivity contribution in [2.75, 3.05) is 14.2 Å². The zero-order valence-electron chi connectivity index (χ0n) is 18.7. The number of ether oxygens (including phenoxy) is 2. The largest absolute Gasteiger partial charge is 0.393 e. The number of aliphatic hydroxyl groups is 2. The van der Waals surface area contributed by atoms with Crippen molar-refractivity contribution in [3.63, 3.8) is 0 Å². The summed E-state index contributed by atoms with van der Waals surface area (Å²) < 4.78 is 10.9. The van der Waals surface area contributed by atoms with E-state index in [-0.39, 0.29) is 23.2 Å². The van der Waals surface area contributed by atoms with E-state index in [1.165, 1.54) is 18.4 Å². The van der Waals surface area contributed by atoms with Crippen LogP contribution >= 0.6 is 0 Å². The Labute approximate surface area is 176 Å². The molecule has 29 heavy (non-hydrogen) atoms. The topological polar surface area (TPSA) is 58.9 Å². The van der Waals surface area contributed by atoms with E-state index < -0.39 is 5.60 Å². The van der Waals surface area contributed by atoms with Crippen LogP contribution in [-0.4, -0.2) is 42.4 Å². The SMILES string of the molecule is COC(CC[C@]1(O)[C@H]2C[C@H]2C2C3CC=C4C[C@@H](O)CC[C@]4(C)C3CC[C@@]21C)OC. The number of aliphatic hydroxyl groups excluding tert-OH is 1. The molecule has 0 spiro atoms. The van der Waals surface area contributed by atoms with Crippen molar-refractivity contribution in [3.8, 4) is 0 Å². The van der Waals surface area contributed by atoms with E-state index in [1.807, 2.05) is 0 Å². The van der Waals surface area contributed by atoms with Crippen molar-refractivity contribution in [2.45, 2.75) is 89.6 Å². The minimum Gasteiger partial charge on any atom is -0.393 e. The highest BCUT2D eigenvalue weighted by Crippen LogP contribution is 2.77. The molecule has 0 aromatic carbocycles. The second-order valence-corrected chi connectivity index (χ2v) is 11.4. The summed E-state index contributed by atoms with van der Waals surface area (Å²) in [5.74, 6) is 3.23. The molecule has 0 aliphatic heterocycles. The summed E-state index contributed by atoms with van der Waals surface area (Å²) in [6.07, 6.45) is 11.4. The quantitative estimate of drug-likeness (QED) is 0.530. The average Bonchev–Trinajstić information content (AvgIpc) is 3.46. The highest BCUT2D eigenvalue weighted by atomic mass is 16.7. The van der Waals surface area contributed by atoms with Crippen molar-refractivity contribution in [1.29, 1.82) is 0 Å². The number of allylic oxidation sites excluding steroid dienone is 1. The third-order valence-electron chi connectivity index (χ3n) is 10.5. The van der Waals surface area contributed by atoms with Crippen LogP contribution in [0.1, 0.15) is 71.6 Å². The van der Waals surface area contributed by atoms with Gasteiger partial charge in [-0.1, -0.05) is 25.5 Å². The number of fused-ring (bicyclic) bond motifs is 7. The van der Waals surface area contributed by atoms with E-state index in [1.54, 1.807) is 14.2 Å². The molecule has 0 radical (unpaired) electrons. The van der Waals surface area contributed by atoms with Gasteiger partial charge in [-0.2, -0.15) is 0 Å². The summed E-state index contributed by atoms with van der Waals surface area (Å²) in [5.41, 5.74) is 1.25. The number of hydrogen-bond acceptors (Lipinski definition) is 4. The van der Waals surface area contributed by atoms with Crippen LogP contribution in [-0.2, 0) is 9.47 Å². The first-order valence-electron chi connectivity index (χ1n) is 11.9. The maximum atomic E-state index is 12.1. The second-order valence-electron chi connectivity index (χ2n) is 11.4. The standard InChI is InChI=1S/C25H40O4/c1-23-10-7-16(26)13-15(23)5-6-17-19(23)8-11-24(2)22(17)18-14-20(18)25(24,27)12-9-21(28-3)29-4/h5,16-22,26-27H,6-14H2,1-4H3/t16-,17?,18+,19?,20-,22?,23-,24-,25-/m0/s1. The van der Waals surface area contributed by atoms with Gasteiger partial charge in [0.25, 0.3) is 0 Å². The van der Waals surface area contributed by atoms with E-state index in [0.29, 0.717) is 23.7 Å². The molecule has 4 nitrogen and oxygen atoms in total. The van der Waals surface area contributed by atoms with E-state index in [2.05, 4.69) is 19.9 Å². The fraction of sp³-hybridized carbons (Fsp3) is 0.920. The van der Waals surface area contributed by atoms with Gasteiger partial charge in [-0.3, -0.25) is 0 Å². The smallest absolute Gasteiger partial charge is 0.156 e. The lowest BCUT2D eigenvalue weighted by Crippen LogP contribution is -2.56. The first-order valence-corrected chi connectivity index (χ1v) is 11.9. The van der Waals surface area contributed by atoms with Crippen molar-refractivity contribution >= 4 is 0 Å². The molecule has 5 aliphatic rings. The molecule has 0 heterocycles. The lowest BCUT2D eigenvalue weighted by atomic mass is 9.45. The molecule has 0 amide bonds. The lowest BCUT2D eigenvalue weighted by Gasteiger charge is -2.60. The molecule has 9 atom stereocenters. The van der Waals surface area contributed by atoms with Gasteiger partial charge >= 0.3 is 0 Å². The predicted octanol–water partition coefficient (Wildman–Crippen LogP) is 4.30. The van der Waals surface area contributed by atoms with Gasteiger partial charge in [-0.05, 0) is 91.8 Å². The lowest BCUT2D eigenvalue weighted by molar-refractivity contribution is -0.165. The molecule has 0 aromatic rings. The van der Waals surface area contributed by atoms with Crippen LogP contribution in [0.15, 0.2) is 11.6 Å². The van der Waals surface area contributed by atoms with Crippen LogP contribution in [0, 0.1) is 40.4 Å². The Morgan fingerprint density at radius 3 is 2.59 bits per heavy atom. The molecule has 4 fully saturated rings. The molecule has 0 saturated heterocycles. The van der Waals surface area contributed by atoms with Gasteiger partial charge in [0.05, 0.1) is 11.7 Å². The normalized spacial score (nSPS) is 53.0. The molecular weight excluding hydrogens is 364 g/mol. The molecule has 5 aliphatic carbocycles. The number of hydrogen-bond donors (Lipinski definition) is 2. The number of methoxy groups -OCH3 is 2. The van der Waals surface area contributed by atoms with Gasteiger partial charge in [-0.15, -0.1) is 0 Å². The molecule has 5 rings (SSSR count). The molecule has 2 N–H and O–H groups in total. The van der Waals surface area contributed by atoms with Gasteiger partial charge < -0.3 is 19.7 Å². The molecule has 3 unspecified atom stereocenters. The van der Waals surface area contributed by atoms with Crippen LogP contribution in [0.2, 0.25) is 0 Å². The highest BCUT2D eigenvalue weighted by molar-refractivity contribution is 5.29. The van der Waals surface area contributed by atoms with Crippen molar-refractivity contribution in [3.05, 3.63) is 11.6 Å². The maximum Gasteiger partial charge on any atom is 0.156 e. The van der Waals surface area contributed by atoms with E-state index in [4.69, 9.17) is 9.47 Å². The Morgan fingerprint density at radius 1 is 1.10 bits per heavy atom. The summed E-state index contributed by atoms with van der Waals surface area (Å²) in [6, 6.07) is 0. The molecule has 4 saturated carbocycles. The minimum atomic E-state index is -0.573. The van der Waals surface area contributed by atoms with Gasteiger partial charge in [0, 0.05) is 20.6 Å². The summed E-state index contributed by atoms with van der Waals surface area (Å²) >= 11 is 0. The third kappa shape index (κ3) is 2.71. The van der Waals surface area contributed by atoms with Gasteiger partial charge in [0.15, 0.2) is 6.29 Å². The molecule has 0 aromatic heterocycles. The fourth-order valence-corrected chi connectivity index (χ4v) is 8.92. The number of rotatable bonds is 5. The van der Waals surface area contributed by atoms with Gasteiger partial charge in [0.2, 0.25) is 0 Å². The average molecular weight is 405 g/mol. The summed E-state index contributed by atoms with van der Waals surface area (Å²) in [4.78, 5) is 0. The van der Waals surface area contributed by atoms with Crippen molar-refractivity contribution < 1.29 is 19.7 Å². The van der Waals surface area contributed by atoms with Gasteiger partial charge in [0.1, 0.15) is 0 Å². The zero-order valence-corrected chi connectivity index (χ0v) is 18.7. The maximum absolute atomic E-state index is 12.1. The Morgan fingerprint density at radius 2 is 1.86 bits per heavy atom. The Kier molecular flexibility index (Phi) is 4.79. The van der Waals surface area contributed by atoms with E-state index in [0.717, 1.165) is 50.9 Å². The first kappa shape index (κ1) is 20.5. The Hall–Kier alpha value is -0.420. The van der Waals surface area contributed by atoms with Crippen LogP contribution in [0.4, 0.5) is 0 Å². The first-order chi connectivity index (χ1) is 13.8. The summed E-state index contributed by atoms with van der Waals surface area (Å²) in [7, 11) is 3.38. The van der Waals surface area contributed by atoms with Crippen LogP contribution in [0.5, 0.6) is 0 Å². The van der Waals surface area contributed by atoms with Crippen LogP contribution in [0.25, 0.3) is 0 Å². The van der Waals surface area contributed by atoms with Crippen molar-refractivity contribution in [2.24, 2.45) is 40.4 Å². The van der Waals surface area contributed by atoms with Crippen LogP contribution in [0.3, 0.4) is 0 Å².